The predicted octanol–water partition coefficient (Wildman–Crippen LogP) is 1.40. The second-order valence-electron chi connectivity index (χ2n) is 6.79. The van der Waals surface area contributed by atoms with Crippen LogP contribution in [0.3, 0.4) is 0 Å². The number of carbonyl (C=O) groups is 1. The van der Waals surface area contributed by atoms with Crippen molar-refractivity contribution in [2.45, 2.75) is 25.7 Å². The van der Waals surface area contributed by atoms with Crippen molar-refractivity contribution >= 4 is 5.91 Å². The third-order valence-electron chi connectivity index (χ3n) is 4.79. The summed E-state index contributed by atoms with van der Waals surface area (Å²) in [5, 5.41) is 12.1. The van der Waals surface area contributed by atoms with Crippen LogP contribution >= 0.6 is 0 Å². The van der Waals surface area contributed by atoms with Crippen LogP contribution in [0.4, 0.5) is 0 Å². The number of carbonyl (C=O) groups excluding carboxylic acids is 1. The summed E-state index contributed by atoms with van der Waals surface area (Å²) in [6, 6.07) is 9.97. The Morgan fingerprint density at radius 2 is 1.92 bits per heavy atom. The molecular formula is C18H26N6O. The largest absolute Gasteiger partial charge is 0.349 e. The molecule has 7 heteroatoms. The number of aryl methyl sites for hydroxylation is 1. The molecule has 0 aliphatic carbocycles. The number of likely N-dealkylation sites (tertiary alicyclic amines) is 1. The van der Waals surface area contributed by atoms with Crippen molar-refractivity contribution in [1.82, 2.24) is 30.0 Å². The fourth-order valence-electron chi connectivity index (χ4n) is 3.36. The van der Waals surface area contributed by atoms with Gasteiger partial charge >= 0.3 is 0 Å². The quantitative estimate of drug-likeness (QED) is 0.794. The van der Waals surface area contributed by atoms with Gasteiger partial charge in [0.1, 0.15) is 0 Å². The van der Waals surface area contributed by atoms with Crippen LogP contribution < -0.4 is 0 Å². The molecule has 0 spiro atoms. The Labute approximate surface area is 148 Å². The Bertz CT molecular complexity index is 676. The summed E-state index contributed by atoms with van der Waals surface area (Å²) < 4.78 is 1.81. The van der Waals surface area contributed by atoms with Crippen molar-refractivity contribution in [3.63, 3.8) is 0 Å². The third kappa shape index (κ3) is 4.42. The monoisotopic (exact) mass is 342 g/mol. The van der Waals surface area contributed by atoms with Crippen molar-refractivity contribution in [2.24, 2.45) is 5.92 Å². The Morgan fingerprint density at radius 3 is 2.60 bits per heavy atom. The van der Waals surface area contributed by atoms with E-state index in [4.69, 9.17) is 0 Å². The molecule has 1 aromatic heterocycles. The molecule has 1 amide bonds. The highest BCUT2D eigenvalue weighted by Crippen LogP contribution is 2.19. The van der Waals surface area contributed by atoms with E-state index in [1.54, 1.807) is 4.90 Å². The van der Waals surface area contributed by atoms with E-state index in [0.29, 0.717) is 0 Å². The van der Waals surface area contributed by atoms with Gasteiger partial charge in [0, 0.05) is 26.4 Å². The van der Waals surface area contributed by atoms with E-state index in [2.05, 4.69) is 20.4 Å². The second-order valence-corrected chi connectivity index (χ2v) is 6.79. The molecule has 25 heavy (non-hydrogen) atoms. The predicted molar refractivity (Wildman–Crippen MR) is 95.3 cm³/mol. The lowest BCUT2D eigenvalue weighted by Gasteiger charge is -2.32. The molecule has 1 aliphatic heterocycles. The first-order chi connectivity index (χ1) is 12.1. The summed E-state index contributed by atoms with van der Waals surface area (Å²) in [4.78, 5) is 16.2. The fourth-order valence-corrected chi connectivity index (χ4v) is 3.36. The van der Waals surface area contributed by atoms with Crippen LogP contribution in [0.2, 0.25) is 0 Å². The Hall–Kier alpha value is -2.28. The molecule has 134 valence electrons. The first-order valence-corrected chi connectivity index (χ1v) is 8.91. The standard InChI is InChI=1S/C18H26N6O/c1-22(2)18(25)15-10-13-23(14-11-15)12-6-9-17-19-20-21-24(17)16-7-4-3-5-8-16/h3-5,7-8,15H,6,9-14H2,1-2H3. The van der Waals surface area contributed by atoms with Crippen LogP contribution in [0, 0.1) is 5.92 Å². The topological polar surface area (TPSA) is 67.2 Å². The zero-order valence-electron chi connectivity index (χ0n) is 15.0. The maximum atomic E-state index is 12.0. The molecule has 2 heterocycles. The number of para-hydroxylation sites is 1. The van der Waals surface area contributed by atoms with E-state index in [1.807, 2.05) is 49.1 Å². The number of amides is 1. The first-order valence-electron chi connectivity index (χ1n) is 8.91. The van der Waals surface area contributed by atoms with E-state index in [9.17, 15) is 4.79 Å². The molecule has 7 nitrogen and oxygen atoms in total. The van der Waals surface area contributed by atoms with E-state index < -0.39 is 0 Å². The van der Waals surface area contributed by atoms with E-state index in [1.165, 1.54) is 0 Å². The normalized spacial score (nSPS) is 16.1. The van der Waals surface area contributed by atoms with Crippen molar-refractivity contribution < 1.29 is 4.79 Å². The minimum Gasteiger partial charge on any atom is -0.349 e. The van der Waals surface area contributed by atoms with Gasteiger partial charge in [-0.25, -0.2) is 0 Å². The van der Waals surface area contributed by atoms with Gasteiger partial charge in [0.2, 0.25) is 5.91 Å². The number of hydrogen-bond acceptors (Lipinski definition) is 5. The fraction of sp³-hybridized carbons (Fsp3) is 0.556. The van der Waals surface area contributed by atoms with Gasteiger partial charge in [-0.15, -0.1) is 5.10 Å². The molecule has 1 saturated heterocycles. The Kier molecular flexibility index (Phi) is 5.75. The molecule has 0 N–H and O–H groups in total. The van der Waals surface area contributed by atoms with Crippen LogP contribution in [-0.4, -0.2) is 69.6 Å². The zero-order chi connectivity index (χ0) is 17.6. The summed E-state index contributed by atoms with van der Waals surface area (Å²) in [6.07, 6.45) is 3.77. The number of nitrogens with zero attached hydrogens (tertiary/aromatic N) is 6. The zero-order valence-corrected chi connectivity index (χ0v) is 15.0. The minimum absolute atomic E-state index is 0.191. The molecule has 0 saturated carbocycles. The summed E-state index contributed by atoms with van der Waals surface area (Å²) >= 11 is 0. The van der Waals surface area contributed by atoms with Crippen molar-refractivity contribution in [2.75, 3.05) is 33.7 Å². The van der Waals surface area contributed by atoms with Gasteiger partial charge in [-0.3, -0.25) is 4.79 Å². The third-order valence-corrected chi connectivity index (χ3v) is 4.79. The van der Waals surface area contributed by atoms with Crippen LogP contribution in [-0.2, 0) is 11.2 Å². The number of tetrazole rings is 1. The average Bonchev–Trinajstić information content (AvgIpc) is 3.11. The van der Waals surface area contributed by atoms with Crippen LogP contribution in [0.15, 0.2) is 30.3 Å². The molecule has 0 unspecified atom stereocenters. The Balaban J connectivity index is 1.46. The molecule has 3 rings (SSSR count). The van der Waals surface area contributed by atoms with Gasteiger partial charge < -0.3 is 9.80 Å². The molecule has 1 fully saturated rings. The second kappa shape index (κ2) is 8.20. The molecule has 0 atom stereocenters. The van der Waals surface area contributed by atoms with Crippen molar-refractivity contribution in [3.05, 3.63) is 36.2 Å². The van der Waals surface area contributed by atoms with E-state index >= 15 is 0 Å². The summed E-state index contributed by atoms with van der Waals surface area (Å²) in [5.74, 6) is 1.35. The van der Waals surface area contributed by atoms with Crippen molar-refractivity contribution in [1.29, 1.82) is 0 Å². The van der Waals surface area contributed by atoms with Crippen molar-refractivity contribution in [3.8, 4) is 5.69 Å². The summed E-state index contributed by atoms with van der Waals surface area (Å²) in [5.41, 5.74) is 0.991. The lowest BCUT2D eigenvalue weighted by atomic mass is 9.95. The van der Waals surface area contributed by atoms with Crippen LogP contribution in [0.5, 0.6) is 0 Å². The minimum atomic E-state index is 0.191. The molecule has 0 bridgehead atoms. The van der Waals surface area contributed by atoms with E-state index in [-0.39, 0.29) is 11.8 Å². The molecule has 2 aromatic rings. The highest BCUT2D eigenvalue weighted by Gasteiger charge is 2.25. The van der Waals surface area contributed by atoms with Gasteiger partial charge in [0.15, 0.2) is 5.82 Å². The maximum absolute atomic E-state index is 12.0. The number of benzene rings is 1. The smallest absolute Gasteiger partial charge is 0.225 e. The molecular weight excluding hydrogens is 316 g/mol. The molecule has 1 aliphatic rings. The van der Waals surface area contributed by atoms with Crippen LogP contribution in [0.1, 0.15) is 25.1 Å². The average molecular weight is 342 g/mol. The maximum Gasteiger partial charge on any atom is 0.225 e. The van der Waals surface area contributed by atoms with Gasteiger partial charge in [0.05, 0.1) is 5.69 Å². The molecule has 1 aromatic carbocycles. The first kappa shape index (κ1) is 17.5. The summed E-state index contributed by atoms with van der Waals surface area (Å²) in [7, 11) is 3.68. The lowest BCUT2D eigenvalue weighted by molar-refractivity contribution is -0.134. The highest BCUT2D eigenvalue weighted by molar-refractivity contribution is 5.78. The molecule has 0 radical (unpaired) electrons. The number of piperidine rings is 1. The van der Waals surface area contributed by atoms with E-state index in [0.717, 1.165) is 56.8 Å². The SMILES string of the molecule is CN(C)C(=O)C1CCN(CCCc2nnnn2-c2ccccc2)CC1. The van der Waals surface area contributed by atoms with Crippen LogP contribution in [0.25, 0.3) is 5.69 Å². The van der Waals surface area contributed by atoms with Gasteiger partial charge in [-0.2, -0.15) is 4.68 Å². The van der Waals surface area contributed by atoms with Gasteiger partial charge in [0.25, 0.3) is 0 Å². The summed E-state index contributed by atoms with van der Waals surface area (Å²) in [6.45, 7) is 3.01. The highest BCUT2D eigenvalue weighted by atomic mass is 16.2. The number of aromatic nitrogens is 4. The van der Waals surface area contributed by atoms with Gasteiger partial charge in [-0.1, -0.05) is 18.2 Å². The number of hydrogen-bond donors (Lipinski definition) is 0. The lowest BCUT2D eigenvalue weighted by Crippen LogP contribution is -2.40. The Morgan fingerprint density at radius 1 is 1.20 bits per heavy atom. The van der Waals surface area contributed by atoms with Gasteiger partial charge in [-0.05, 0) is 61.5 Å². The number of rotatable bonds is 6.